The molecule has 6 nitrogen and oxygen atoms in total. The van der Waals surface area contributed by atoms with Gasteiger partial charge >= 0.3 is 0 Å². The third kappa shape index (κ3) is 2.08. The van der Waals surface area contributed by atoms with Crippen LogP contribution in [-0.2, 0) is 0 Å². The van der Waals surface area contributed by atoms with Gasteiger partial charge in [-0.2, -0.15) is 5.10 Å². The third-order valence-corrected chi connectivity index (χ3v) is 3.43. The highest BCUT2D eigenvalue weighted by Gasteiger charge is 2.28. The summed E-state index contributed by atoms with van der Waals surface area (Å²) in [6.45, 7) is 5.95. The zero-order valence-corrected chi connectivity index (χ0v) is 11.4. The van der Waals surface area contributed by atoms with E-state index in [1.54, 1.807) is 0 Å². The van der Waals surface area contributed by atoms with Gasteiger partial charge in [0.2, 0.25) is 0 Å². The van der Waals surface area contributed by atoms with Crippen molar-refractivity contribution in [3.05, 3.63) is 28.8 Å². The lowest BCUT2D eigenvalue weighted by atomic mass is 10.2. The predicted octanol–water partition coefficient (Wildman–Crippen LogP) is 1.75. The Morgan fingerprint density at radius 1 is 1.26 bits per heavy atom. The average molecular weight is 258 g/mol. The number of anilines is 1. The summed E-state index contributed by atoms with van der Waals surface area (Å²) in [5.41, 5.74) is 5.61. The van der Waals surface area contributed by atoms with Crippen LogP contribution in [-0.4, -0.2) is 19.7 Å². The van der Waals surface area contributed by atoms with Crippen LogP contribution in [0, 0.1) is 20.8 Å². The monoisotopic (exact) mass is 258 g/mol. The van der Waals surface area contributed by atoms with Crippen LogP contribution in [0.4, 0.5) is 5.82 Å². The van der Waals surface area contributed by atoms with Crippen LogP contribution in [0.2, 0.25) is 0 Å². The summed E-state index contributed by atoms with van der Waals surface area (Å²) in [6, 6.07) is 2.04. The summed E-state index contributed by atoms with van der Waals surface area (Å²) in [5.74, 6) is 8.39. The molecule has 6 heteroatoms. The van der Waals surface area contributed by atoms with Crippen molar-refractivity contribution in [1.29, 1.82) is 0 Å². The van der Waals surface area contributed by atoms with Gasteiger partial charge in [-0.15, -0.1) is 0 Å². The van der Waals surface area contributed by atoms with Crippen LogP contribution in [0.15, 0.2) is 6.07 Å². The zero-order chi connectivity index (χ0) is 13.6. The standard InChI is InChI=1S/C13H18N6/c1-7-6-8(2)19(18-7)13-9(3)11(17-14)15-12(16-13)10-4-5-10/h6,10H,4-5,14H2,1-3H3,(H,15,16,17). The molecule has 0 unspecified atom stereocenters. The number of nitrogens with zero attached hydrogens (tertiary/aromatic N) is 4. The Morgan fingerprint density at radius 3 is 2.53 bits per heavy atom. The first-order valence-electron chi connectivity index (χ1n) is 6.49. The van der Waals surface area contributed by atoms with E-state index in [-0.39, 0.29) is 0 Å². The summed E-state index contributed by atoms with van der Waals surface area (Å²) in [6.07, 6.45) is 2.31. The minimum atomic E-state index is 0.475. The number of aryl methyl sites for hydroxylation is 2. The van der Waals surface area contributed by atoms with Crippen molar-refractivity contribution >= 4 is 5.82 Å². The lowest BCUT2D eigenvalue weighted by Gasteiger charge is -2.12. The molecule has 0 spiro atoms. The lowest BCUT2D eigenvalue weighted by molar-refractivity contribution is 0.772. The fraction of sp³-hybridized carbons (Fsp3) is 0.462. The Hall–Kier alpha value is -1.95. The predicted molar refractivity (Wildman–Crippen MR) is 73.2 cm³/mol. The molecule has 0 saturated heterocycles. The van der Waals surface area contributed by atoms with Crippen molar-refractivity contribution in [2.45, 2.75) is 39.5 Å². The van der Waals surface area contributed by atoms with Gasteiger partial charge in [-0.25, -0.2) is 20.5 Å². The number of aromatic nitrogens is 4. The van der Waals surface area contributed by atoms with Crippen molar-refractivity contribution < 1.29 is 0 Å². The van der Waals surface area contributed by atoms with Gasteiger partial charge in [-0.3, -0.25) is 0 Å². The molecule has 100 valence electrons. The summed E-state index contributed by atoms with van der Waals surface area (Å²) in [5, 5.41) is 4.50. The Labute approximate surface area is 112 Å². The first-order chi connectivity index (χ1) is 9.10. The summed E-state index contributed by atoms with van der Waals surface area (Å²) < 4.78 is 1.86. The quantitative estimate of drug-likeness (QED) is 0.647. The van der Waals surface area contributed by atoms with Crippen molar-refractivity contribution in [2.75, 3.05) is 5.43 Å². The molecule has 0 atom stereocenters. The molecular weight excluding hydrogens is 240 g/mol. The normalized spacial score (nSPS) is 14.7. The fourth-order valence-electron chi connectivity index (χ4n) is 2.24. The molecule has 2 aromatic heterocycles. The van der Waals surface area contributed by atoms with E-state index in [1.807, 2.05) is 31.5 Å². The highest BCUT2D eigenvalue weighted by Crippen LogP contribution is 2.39. The van der Waals surface area contributed by atoms with E-state index in [4.69, 9.17) is 5.84 Å². The number of nitrogen functional groups attached to an aromatic ring is 1. The second kappa shape index (κ2) is 4.31. The third-order valence-electron chi connectivity index (χ3n) is 3.43. The lowest BCUT2D eigenvalue weighted by Crippen LogP contribution is -2.16. The maximum atomic E-state index is 5.56. The van der Waals surface area contributed by atoms with Crippen LogP contribution in [0.3, 0.4) is 0 Å². The highest BCUT2D eigenvalue weighted by molar-refractivity contribution is 5.51. The molecule has 2 aromatic rings. The summed E-state index contributed by atoms with van der Waals surface area (Å²) in [4.78, 5) is 9.17. The second-order valence-corrected chi connectivity index (χ2v) is 5.14. The van der Waals surface area contributed by atoms with Gasteiger partial charge in [0.1, 0.15) is 11.6 Å². The first-order valence-corrected chi connectivity index (χ1v) is 6.49. The van der Waals surface area contributed by atoms with Crippen molar-refractivity contribution in [1.82, 2.24) is 19.7 Å². The SMILES string of the molecule is Cc1cc(C)n(-c2nc(C3CC3)nc(NN)c2C)n1. The molecule has 1 aliphatic carbocycles. The molecule has 1 fully saturated rings. The Bertz CT molecular complexity index is 626. The van der Waals surface area contributed by atoms with Gasteiger partial charge in [-0.1, -0.05) is 0 Å². The average Bonchev–Trinajstić information content (AvgIpc) is 3.16. The van der Waals surface area contributed by atoms with Gasteiger partial charge in [0.15, 0.2) is 5.82 Å². The van der Waals surface area contributed by atoms with E-state index in [0.29, 0.717) is 11.7 Å². The summed E-state index contributed by atoms with van der Waals surface area (Å²) in [7, 11) is 0. The van der Waals surface area contributed by atoms with Crippen LogP contribution in [0.5, 0.6) is 0 Å². The Kier molecular flexibility index (Phi) is 2.74. The van der Waals surface area contributed by atoms with E-state index < -0.39 is 0 Å². The van der Waals surface area contributed by atoms with E-state index >= 15 is 0 Å². The zero-order valence-electron chi connectivity index (χ0n) is 11.4. The molecule has 0 radical (unpaired) electrons. The molecule has 3 rings (SSSR count). The smallest absolute Gasteiger partial charge is 0.162 e. The topological polar surface area (TPSA) is 81.7 Å². The van der Waals surface area contributed by atoms with Gasteiger partial charge in [-0.05, 0) is 39.7 Å². The maximum absolute atomic E-state index is 5.56. The van der Waals surface area contributed by atoms with Crippen LogP contribution in [0.25, 0.3) is 5.82 Å². The van der Waals surface area contributed by atoms with Gasteiger partial charge in [0.25, 0.3) is 0 Å². The van der Waals surface area contributed by atoms with Gasteiger partial charge in [0.05, 0.1) is 5.69 Å². The Morgan fingerprint density at radius 2 is 2.00 bits per heavy atom. The largest absolute Gasteiger partial charge is 0.308 e. The van der Waals surface area contributed by atoms with E-state index in [2.05, 4.69) is 20.5 Å². The molecule has 3 N–H and O–H groups in total. The minimum Gasteiger partial charge on any atom is -0.308 e. The molecule has 0 bridgehead atoms. The molecule has 1 saturated carbocycles. The summed E-state index contributed by atoms with van der Waals surface area (Å²) >= 11 is 0. The van der Waals surface area contributed by atoms with Crippen LogP contribution in [0.1, 0.15) is 41.5 Å². The number of nitrogens with one attached hydrogen (secondary N) is 1. The van der Waals surface area contributed by atoms with E-state index in [1.165, 1.54) is 0 Å². The number of hydrazine groups is 1. The van der Waals surface area contributed by atoms with Crippen molar-refractivity contribution in [3.8, 4) is 5.82 Å². The maximum Gasteiger partial charge on any atom is 0.162 e. The molecule has 2 heterocycles. The number of hydrogen-bond acceptors (Lipinski definition) is 5. The van der Waals surface area contributed by atoms with Crippen molar-refractivity contribution in [3.63, 3.8) is 0 Å². The molecule has 0 aliphatic heterocycles. The molecule has 1 aliphatic rings. The van der Waals surface area contributed by atoms with Gasteiger partial charge in [0, 0.05) is 17.2 Å². The van der Waals surface area contributed by atoms with E-state index in [9.17, 15) is 0 Å². The molecule has 19 heavy (non-hydrogen) atoms. The fourth-order valence-corrected chi connectivity index (χ4v) is 2.24. The highest BCUT2D eigenvalue weighted by atomic mass is 15.3. The first kappa shape index (κ1) is 12.1. The number of rotatable bonds is 3. The Balaban J connectivity index is 2.18. The molecule has 0 aromatic carbocycles. The van der Waals surface area contributed by atoms with Crippen LogP contribution < -0.4 is 11.3 Å². The van der Waals surface area contributed by atoms with E-state index in [0.717, 1.165) is 41.4 Å². The minimum absolute atomic E-state index is 0.475. The number of nitrogens with two attached hydrogens (primary N) is 1. The van der Waals surface area contributed by atoms with Crippen LogP contribution >= 0.6 is 0 Å². The number of hydrogen-bond donors (Lipinski definition) is 2. The molecule has 0 amide bonds. The molecular formula is C13H18N6. The second-order valence-electron chi connectivity index (χ2n) is 5.14. The van der Waals surface area contributed by atoms with Crippen molar-refractivity contribution in [2.24, 2.45) is 5.84 Å². The van der Waals surface area contributed by atoms with Gasteiger partial charge < -0.3 is 5.43 Å².